The molecule has 62 heavy (non-hydrogen) atoms. The van der Waals surface area contributed by atoms with Crippen molar-refractivity contribution in [3.63, 3.8) is 0 Å². The van der Waals surface area contributed by atoms with E-state index in [9.17, 15) is 0 Å². The zero-order valence-electron chi connectivity index (χ0n) is 38.2. The van der Waals surface area contributed by atoms with Gasteiger partial charge in [-0.25, -0.2) is 0 Å². The van der Waals surface area contributed by atoms with E-state index in [1.807, 2.05) is 83.1 Å². The van der Waals surface area contributed by atoms with Crippen LogP contribution < -0.4 is 0 Å². The first-order valence-electron chi connectivity index (χ1n) is 22.4. The lowest BCUT2D eigenvalue weighted by Gasteiger charge is -2.34. The average molecular weight is 835 g/mol. The highest BCUT2D eigenvalue weighted by Gasteiger charge is 2.58. The maximum Gasteiger partial charge on any atom is 0.737 e. The summed E-state index contributed by atoms with van der Waals surface area (Å²) >= 11 is 0. The van der Waals surface area contributed by atoms with Gasteiger partial charge >= 0.3 is 13.9 Å². The first kappa shape index (κ1) is 41.7. The molecule has 6 heterocycles. The molecule has 0 saturated carbocycles. The summed E-state index contributed by atoms with van der Waals surface area (Å²) in [6.45, 7) is 15.3. The molecular weight excluding hydrogens is 778 g/mol. The van der Waals surface area contributed by atoms with Crippen LogP contribution in [0.15, 0.2) is 106 Å². The summed E-state index contributed by atoms with van der Waals surface area (Å²) < 4.78 is 72.4. The van der Waals surface area contributed by atoms with Crippen LogP contribution in [0.5, 0.6) is 0 Å². The Bertz CT molecular complexity index is 2780. The van der Waals surface area contributed by atoms with E-state index in [1.165, 1.54) is 17.9 Å². The van der Waals surface area contributed by atoms with Crippen LogP contribution in [0.3, 0.4) is 0 Å². The molecule has 4 aliphatic heterocycles. The third-order valence-corrected chi connectivity index (χ3v) is 14.9. The van der Waals surface area contributed by atoms with Gasteiger partial charge in [0.05, 0.1) is 11.1 Å². The molecule has 4 nitrogen and oxygen atoms in total. The van der Waals surface area contributed by atoms with Crippen LogP contribution in [-0.4, -0.2) is 43.3 Å². The molecule has 0 spiro atoms. The quantitative estimate of drug-likeness (QED) is 0.109. The Morgan fingerprint density at radius 2 is 0.694 bits per heavy atom. The highest BCUT2D eigenvalue weighted by Crippen LogP contribution is 2.49. The summed E-state index contributed by atoms with van der Waals surface area (Å²) in [5, 5.41) is 0. The lowest BCUT2D eigenvalue weighted by molar-refractivity contribution is -0.364. The molecule has 0 aliphatic carbocycles. The SMILES string of the molecule is CCC1=C(C)C2=C(c3ccc(-c4ccc(-c5ccc(C6=C7C(C)=C(CC)C(C)=[N+]7[B-](F)(F)n7c(C)c(CC)c(C)c76)cc5)cc4)cc3)c3c(C)c(CC)c(C)n3[B-](F)(F)[N+]2=C1C. The fourth-order valence-electron chi connectivity index (χ4n) is 12.0. The Morgan fingerprint density at radius 1 is 0.419 bits per heavy atom. The fourth-order valence-corrected chi connectivity index (χ4v) is 12.0. The second kappa shape index (κ2) is 14.5. The summed E-state index contributed by atoms with van der Waals surface area (Å²) in [6.07, 6.45) is 2.75. The van der Waals surface area contributed by atoms with Gasteiger partial charge in [0.1, 0.15) is 11.4 Å². The minimum absolute atomic E-state index is 0.624. The summed E-state index contributed by atoms with van der Waals surface area (Å²) in [6, 6.07) is 25.1. The van der Waals surface area contributed by atoms with Crippen molar-refractivity contribution in [1.82, 2.24) is 8.96 Å². The maximum absolute atomic E-state index is 16.8. The molecule has 0 radical (unpaired) electrons. The molecule has 0 atom stereocenters. The van der Waals surface area contributed by atoms with Crippen LogP contribution in [0.4, 0.5) is 17.3 Å². The Balaban J connectivity index is 1.07. The Hall–Kier alpha value is -5.63. The molecule has 0 unspecified atom stereocenters. The van der Waals surface area contributed by atoms with Gasteiger partial charge in [-0.15, -0.1) is 0 Å². The third kappa shape index (κ3) is 5.46. The van der Waals surface area contributed by atoms with Crippen molar-refractivity contribution in [3.8, 4) is 22.3 Å². The average Bonchev–Trinajstić information content (AvgIpc) is 3.87. The van der Waals surface area contributed by atoms with E-state index >= 15 is 17.3 Å². The van der Waals surface area contributed by atoms with Crippen LogP contribution in [0, 0.1) is 27.7 Å². The molecule has 9 rings (SSSR count). The Labute approximate surface area is 364 Å². The van der Waals surface area contributed by atoms with Crippen LogP contribution in [0.1, 0.15) is 124 Å². The number of hydrogen-bond donors (Lipinski definition) is 0. The van der Waals surface area contributed by atoms with Gasteiger partial charge in [-0.2, -0.15) is 0 Å². The van der Waals surface area contributed by atoms with Gasteiger partial charge in [0.2, 0.25) is 0 Å². The number of nitrogens with zero attached hydrogens (tertiary/aromatic N) is 4. The zero-order chi connectivity index (χ0) is 44.5. The predicted octanol–water partition coefficient (Wildman–Crippen LogP) is 13.4. The number of allylic oxidation sites excluding steroid dienone is 4. The van der Waals surface area contributed by atoms with Crippen molar-refractivity contribution < 1.29 is 26.2 Å². The van der Waals surface area contributed by atoms with Crippen molar-refractivity contribution >= 4 is 36.5 Å². The van der Waals surface area contributed by atoms with Crippen LogP contribution in [0.25, 0.3) is 33.4 Å². The lowest BCUT2D eigenvalue weighted by atomic mass is 9.83. The van der Waals surface area contributed by atoms with Gasteiger partial charge in [-0.05, 0) is 134 Å². The van der Waals surface area contributed by atoms with E-state index in [4.69, 9.17) is 0 Å². The van der Waals surface area contributed by atoms with Gasteiger partial charge in [0.25, 0.3) is 0 Å². The molecule has 0 bridgehead atoms. The number of hydrogen-bond acceptors (Lipinski definition) is 0. The number of rotatable bonds is 8. The molecule has 5 aromatic rings. The summed E-state index contributed by atoms with van der Waals surface area (Å²) in [4.78, 5) is 0. The molecule has 318 valence electrons. The van der Waals surface area contributed by atoms with Crippen LogP contribution >= 0.6 is 0 Å². The number of benzene rings is 3. The summed E-state index contributed by atoms with van der Waals surface area (Å²) in [5.41, 5.74) is 20.4. The van der Waals surface area contributed by atoms with Crippen molar-refractivity contribution in [2.24, 2.45) is 0 Å². The van der Waals surface area contributed by atoms with Crippen molar-refractivity contribution in [2.45, 2.75) is 109 Å². The first-order valence-corrected chi connectivity index (χ1v) is 22.4. The fraction of sp³-hybridized carbons (Fsp3) is 0.308. The van der Waals surface area contributed by atoms with Gasteiger partial charge in [-0.1, -0.05) is 100 Å². The minimum Gasteiger partial charge on any atom is -0.393 e. The molecule has 10 heteroatoms. The van der Waals surface area contributed by atoms with E-state index in [2.05, 4.69) is 72.8 Å². The molecule has 0 amide bonds. The monoisotopic (exact) mass is 834 g/mol. The normalized spacial score (nSPS) is 17.8. The predicted molar refractivity (Wildman–Crippen MR) is 251 cm³/mol. The van der Waals surface area contributed by atoms with Crippen molar-refractivity contribution in [3.05, 3.63) is 163 Å². The van der Waals surface area contributed by atoms with Crippen LogP contribution in [0.2, 0.25) is 0 Å². The number of fused-ring (bicyclic) bond motifs is 4. The minimum atomic E-state index is -4.08. The number of aromatic nitrogens is 2. The molecule has 0 fully saturated rings. The van der Waals surface area contributed by atoms with Gasteiger partial charge < -0.3 is 35.2 Å². The van der Waals surface area contributed by atoms with E-state index < -0.39 is 13.9 Å². The lowest BCUT2D eigenvalue weighted by Crippen LogP contribution is -2.51. The molecule has 0 N–H and O–H groups in total. The molecule has 0 saturated heterocycles. The van der Waals surface area contributed by atoms with Crippen molar-refractivity contribution in [1.29, 1.82) is 0 Å². The van der Waals surface area contributed by atoms with E-state index in [1.54, 1.807) is 0 Å². The molecular formula is C52H56B2F4N4. The van der Waals surface area contributed by atoms with Gasteiger partial charge in [0, 0.05) is 47.5 Å². The largest absolute Gasteiger partial charge is 0.737 e. The second-order valence-corrected chi connectivity index (χ2v) is 17.7. The standard InChI is InChI=1S/C52H56B2F4N4/c1-13-43-29(5)49-47(50-30(6)44(14-2)34(10)60(50)53(55,56)59(49)33(43)9)41-25-21-39(22-26-41)37-17-19-38(20-18-37)40-23-27-42(28-24-40)48-51-31(7)45(15-3)35(11)61(51)54(57,58)62-36(12)46(16-4)32(8)52(48)62/h17-28H,13-16H2,1-12H3. The molecule has 2 aromatic heterocycles. The zero-order valence-corrected chi connectivity index (χ0v) is 38.2. The molecule has 3 aromatic carbocycles. The summed E-state index contributed by atoms with van der Waals surface area (Å²) in [5.74, 6) is 0. The van der Waals surface area contributed by atoms with E-state index in [0.29, 0.717) is 71.3 Å². The Kier molecular flexibility index (Phi) is 9.73. The highest BCUT2D eigenvalue weighted by atomic mass is 19.3. The second-order valence-electron chi connectivity index (χ2n) is 17.7. The topological polar surface area (TPSA) is 15.9 Å². The third-order valence-electron chi connectivity index (χ3n) is 14.9. The van der Waals surface area contributed by atoms with Gasteiger partial charge in [0.15, 0.2) is 11.4 Å². The van der Waals surface area contributed by atoms with Crippen molar-refractivity contribution in [2.75, 3.05) is 0 Å². The van der Waals surface area contributed by atoms with E-state index in [-0.39, 0.29) is 0 Å². The van der Waals surface area contributed by atoms with E-state index in [0.717, 1.165) is 89.1 Å². The summed E-state index contributed by atoms with van der Waals surface area (Å²) in [7, 11) is 0. The first-order chi connectivity index (χ1) is 29.5. The number of halogens is 4. The van der Waals surface area contributed by atoms with Crippen LogP contribution in [-0.2, 0) is 12.8 Å². The highest BCUT2D eigenvalue weighted by molar-refractivity contribution is 6.59. The smallest absolute Gasteiger partial charge is 0.393 e. The maximum atomic E-state index is 16.8. The van der Waals surface area contributed by atoms with Gasteiger partial charge in [-0.3, -0.25) is 0 Å². The Morgan fingerprint density at radius 3 is 0.952 bits per heavy atom. The molecule has 4 aliphatic rings.